The highest BCUT2D eigenvalue weighted by Gasteiger charge is 2.53. The quantitative estimate of drug-likeness (QED) is 0.492. The molecule has 0 radical (unpaired) electrons. The normalized spacial score (nSPS) is 43.9. The fourth-order valence-electron chi connectivity index (χ4n) is 2.00. The number of fused-ring (bicyclic) bond motifs is 1. The largest absolute Gasteiger partial charge is 0.306 e. The summed E-state index contributed by atoms with van der Waals surface area (Å²) < 4.78 is 21.9. The van der Waals surface area contributed by atoms with Crippen LogP contribution in [-0.4, -0.2) is 25.0 Å². The van der Waals surface area contributed by atoms with Crippen molar-refractivity contribution in [1.82, 2.24) is 4.90 Å². The van der Waals surface area contributed by atoms with Crippen LogP contribution in [0.25, 0.3) is 0 Å². The van der Waals surface area contributed by atoms with Gasteiger partial charge in [0.05, 0.1) is 0 Å². The zero-order valence-corrected chi connectivity index (χ0v) is 7.67. The molecule has 1 heterocycles. The maximum absolute atomic E-state index is 7.30. The van der Waals surface area contributed by atoms with Crippen LogP contribution in [0.3, 0.4) is 0 Å². The Bertz CT molecular complexity index is 298. The topological polar surface area (TPSA) is 3.24 Å². The summed E-state index contributed by atoms with van der Waals surface area (Å²) in [4.78, 5) is 1.61. The van der Waals surface area contributed by atoms with E-state index in [9.17, 15) is 0 Å². The first kappa shape index (κ1) is 5.29. The van der Waals surface area contributed by atoms with E-state index in [1.807, 2.05) is 0 Å². The Morgan fingerprint density at radius 2 is 2.08 bits per heavy atom. The molecule has 3 atom stereocenters. The highest BCUT2D eigenvalue weighted by Crippen LogP contribution is 2.50. The first-order valence-electron chi connectivity index (χ1n) is 6.15. The van der Waals surface area contributed by atoms with Gasteiger partial charge in [-0.2, -0.15) is 0 Å². The molecule has 0 spiro atoms. The maximum atomic E-state index is 7.30. The Labute approximate surface area is 79.4 Å². The average molecular weight is 166 g/mol. The molecule has 1 aliphatic heterocycles. The first-order valence-corrected chi connectivity index (χ1v) is 4.65. The van der Waals surface area contributed by atoms with Crippen molar-refractivity contribution in [1.29, 1.82) is 0 Å². The summed E-state index contributed by atoms with van der Waals surface area (Å²) in [6.07, 6.45) is 0. The van der Waals surface area contributed by atoms with Crippen LogP contribution in [-0.2, 0) is 0 Å². The van der Waals surface area contributed by atoms with E-state index in [-0.39, 0.29) is 0 Å². The standard InChI is InChI=1S/C11H17N/c1-8(2)4-5-9-10-6-12(3)7-11(9)10/h8-11H,6-7H2,1-3H3/t9?,10-,11+/i3D3. The van der Waals surface area contributed by atoms with E-state index >= 15 is 0 Å². The molecule has 1 unspecified atom stereocenters. The van der Waals surface area contributed by atoms with Gasteiger partial charge >= 0.3 is 0 Å². The molecule has 0 aromatic carbocycles. The Kier molecular flexibility index (Phi) is 1.23. The van der Waals surface area contributed by atoms with Crippen molar-refractivity contribution in [2.24, 2.45) is 23.7 Å². The molecule has 1 saturated carbocycles. The number of piperidine rings is 1. The lowest BCUT2D eigenvalue weighted by molar-refractivity contribution is 0.360. The molecule has 1 nitrogen and oxygen atoms in total. The number of nitrogens with zero attached hydrogens (tertiary/aromatic N) is 1. The van der Waals surface area contributed by atoms with Crippen molar-refractivity contribution in [2.45, 2.75) is 13.8 Å². The lowest BCUT2D eigenvalue weighted by Crippen LogP contribution is -2.18. The van der Waals surface area contributed by atoms with Crippen LogP contribution < -0.4 is 0 Å². The van der Waals surface area contributed by atoms with E-state index < -0.39 is 6.98 Å². The van der Waals surface area contributed by atoms with Crippen LogP contribution in [0.2, 0.25) is 0 Å². The van der Waals surface area contributed by atoms with Crippen molar-refractivity contribution in [3.05, 3.63) is 0 Å². The van der Waals surface area contributed by atoms with Gasteiger partial charge in [-0.3, -0.25) is 0 Å². The zero-order valence-electron chi connectivity index (χ0n) is 10.7. The zero-order chi connectivity index (χ0) is 11.2. The van der Waals surface area contributed by atoms with E-state index in [2.05, 4.69) is 25.7 Å². The van der Waals surface area contributed by atoms with Crippen LogP contribution in [0, 0.1) is 35.5 Å². The molecule has 0 bridgehead atoms. The van der Waals surface area contributed by atoms with Gasteiger partial charge in [0.25, 0.3) is 0 Å². The van der Waals surface area contributed by atoms with Gasteiger partial charge in [0.2, 0.25) is 0 Å². The third-order valence-electron chi connectivity index (χ3n) is 2.73. The van der Waals surface area contributed by atoms with Crippen molar-refractivity contribution in [3.8, 4) is 11.8 Å². The Morgan fingerprint density at radius 1 is 1.42 bits per heavy atom. The average Bonchev–Trinajstić information content (AvgIpc) is 2.56. The van der Waals surface area contributed by atoms with Crippen LogP contribution in [0.15, 0.2) is 0 Å². The molecular formula is C11H17N. The third kappa shape index (κ3) is 1.36. The Balaban J connectivity index is 1.87. The molecule has 0 N–H and O–H groups in total. The van der Waals surface area contributed by atoms with Crippen molar-refractivity contribution < 1.29 is 4.11 Å². The van der Waals surface area contributed by atoms with Gasteiger partial charge in [-0.15, -0.1) is 5.92 Å². The predicted molar refractivity (Wildman–Crippen MR) is 50.6 cm³/mol. The molecule has 0 aromatic rings. The molecule has 2 aliphatic rings. The Hall–Kier alpha value is -0.480. The minimum Gasteiger partial charge on any atom is -0.306 e. The summed E-state index contributed by atoms with van der Waals surface area (Å²) in [5.41, 5.74) is 0. The molecule has 66 valence electrons. The van der Waals surface area contributed by atoms with Gasteiger partial charge in [0.15, 0.2) is 0 Å². The number of hydrogen-bond acceptors (Lipinski definition) is 1. The van der Waals surface area contributed by atoms with E-state index in [1.54, 1.807) is 4.90 Å². The van der Waals surface area contributed by atoms with Crippen molar-refractivity contribution in [2.75, 3.05) is 20.1 Å². The fraction of sp³-hybridized carbons (Fsp3) is 0.818. The van der Waals surface area contributed by atoms with E-state index in [0.717, 1.165) is 0 Å². The summed E-state index contributed by atoms with van der Waals surface area (Å²) in [5, 5.41) is 0. The lowest BCUT2D eigenvalue weighted by atomic mass is 10.2. The molecule has 0 aromatic heterocycles. The molecule has 12 heavy (non-hydrogen) atoms. The number of hydrogen-bond donors (Lipinski definition) is 0. The van der Waals surface area contributed by atoms with Gasteiger partial charge in [-0.1, -0.05) is 19.8 Å². The van der Waals surface area contributed by atoms with E-state index in [0.29, 0.717) is 36.8 Å². The van der Waals surface area contributed by atoms with Gasteiger partial charge in [-0.05, 0) is 18.8 Å². The molecule has 2 rings (SSSR count). The molecular weight excluding hydrogens is 146 g/mol. The lowest BCUT2D eigenvalue weighted by Gasteiger charge is -2.09. The van der Waals surface area contributed by atoms with Gasteiger partial charge < -0.3 is 4.90 Å². The van der Waals surface area contributed by atoms with E-state index in [4.69, 9.17) is 4.11 Å². The second-order valence-corrected chi connectivity index (χ2v) is 4.20. The highest BCUT2D eigenvalue weighted by molar-refractivity contribution is 5.21. The van der Waals surface area contributed by atoms with Crippen LogP contribution in [0.5, 0.6) is 0 Å². The summed E-state index contributed by atoms with van der Waals surface area (Å²) in [5.74, 6) is 8.40. The molecule has 1 heteroatoms. The van der Waals surface area contributed by atoms with E-state index in [1.165, 1.54) is 0 Å². The second kappa shape index (κ2) is 2.78. The van der Waals surface area contributed by atoms with Gasteiger partial charge in [0, 0.05) is 29.0 Å². The maximum Gasteiger partial charge on any atom is 0.0394 e. The molecule has 0 amide bonds. The number of rotatable bonds is 0. The summed E-state index contributed by atoms with van der Waals surface area (Å²) in [6.45, 7) is 3.68. The van der Waals surface area contributed by atoms with Crippen LogP contribution >= 0.6 is 0 Å². The van der Waals surface area contributed by atoms with Crippen molar-refractivity contribution >= 4 is 0 Å². The first-order chi connectivity index (χ1) is 6.89. The van der Waals surface area contributed by atoms with Crippen LogP contribution in [0.4, 0.5) is 0 Å². The summed E-state index contributed by atoms with van der Waals surface area (Å²) in [6, 6.07) is 0. The minimum atomic E-state index is -1.90. The summed E-state index contributed by atoms with van der Waals surface area (Å²) in [7, 11) is 0. The molecule has 2 fully saturated rings. The monoisotopic (exact) mass is 166 g/mol. The summed E-state index contributed by atoms with van der Waals surface area (Å²) >= 11 is 0. The van der Waals surface area contributed by atoms with Gasteiger partial charge in [-0.25, -0.2) is 0 Å². The molecule has 1 saturated heterocycles. The number of likely N-dealkylation sites (tertiary alicyclic amines) is 1. The third-order valence-corrected chi connectivity index (χ3v) is 2.73. The minimum absolute atomic E-state index is 0.421. The highest BCUT2D eigenvalue weighted by atomic mass is 15.2. The second-order valence-electron chi connectivity index (χ2n) is 4.20. The fourth-order valence-corrected chi connectivity index (χ4v) is 2.00. The molecule has 1 aliphatic carbocycles. The van der Waals surface area contributed by atoms with Crippen molar-refractivity contribution in [3.63, 3.8) is 0 Å². The predicted octanol–water partition coefficient (Wildman–Crippen LogP) is 1.45. The smallest absolute Gasteiger partial charge is 0.0394 e. The van der Waals surface area contributed by atoms with Gasteiger partial charge in [0.1, 0.15) is 0 Å². The SMILES string of the molecule is [2H]C([2H])([2H])N1C[C@@H]2C(C#CC(C)C)[C@@H]2C1. The Morgan fingerprint density at radius 3 is 2.58 bits per heavy atom. The van der Waals surface area contributed by atoms with Crippen LogP contribution in [0.1, 0.15) is 18.0 Å².